The van der Waals surface area contributed by atoms with Crippen molar-refractivity contribution < 1.29 is 0 Å². The summed E-state index contributed by atoms with van der Waals surface area (Å²) in [5.74, 6) is 0. The van der Waals surface area contributed by atoms with E-state index in [-0.39, 0.29) is 0 Å². The Kier molecular flexibility index (Phi) is 5.90. The Labute approximate surface area is 275 Å². The van der Waals surface area contributed by atoms with Crippen molar-refractivity contribution in [2.75, 3.05) is 0 Å². The van der Waals surface area contributed by atoms with Gasteiger partial charge in [-0.3, -0.25) is 0 Å². The van der Waals surface area contributed by atoms with Crippen LogP contribution in [0.1, 0.15) is 18.4 Å². The van der Waals surface area contributed by atoms with Crippen LogP contribution in [0, 0.1) is 0 Å². The fourth-order valence-corrected chi connectivity index (χ4v) is 8.55. The Morgan fingerprint density at radius 1 is 0.447 bits per heavy atom. The second-order valence-electron chi connectivity index (χ2n) is 13.1. The van der Waals surface area contributed by atoms with Gasteiger partial charge in [-0.2, -0.15) is 0 Å². The maximum absolute atomic E-state index is 2.48. The quantitative estimate of drug-likeness (QED) is 0.140. The van der Waals surface area contributed by atoms with Crippen molar-refractivity contribution in [3.63, 3.8) is 0 Å². The van der Waals surface area contributed by atoms with Crippen LogP contribution in [-0.4, -0.2) is 6.71 Å². The van der Waals surface area contributed by atoms with Crippen LogP contribution in [0.15, 0.2) is 169 Å². The predicted octanol–water partition coefficient (Wildman–Crippen LogP) is 10.9. The maximum Gasteiger partial charge on any atom is 0.238 e. The number of rotatable bonds is 4. The molecular formula is C46H31B. The molecule has 47 heavy (non-hydrogen) atoms. The number of allylic oxidation sites excluding steroid dienone is 4. The standard InChI is InChI=1S/C46H31B/c1-3-12-30(13-4-1)35-24-22-32-23-25-39-41(31-14-5-2-6-15-31)29-42(40-27-26-38(35)45(32)46(39)40)33-16-11-17-34(28-33)47-43-20-9-7-18-36(43)37-19-8-10-21-44(37)47/h1-9,11-20,22-29H,10,21H2. The lowest BCUT2D eigenvalue weighted by atomic mass is 9.37. The molecule has 0 radical (unpaired) electrons. The van der Waals surface area contributed by atoms with Crippen LogP contribution in [0.4, 0.5) is 0 Å². The highest BCUT2D eigenvalue weighted by molar-refractivity contribution is 6.93. The molecule has 0 spiro atoms. The molecule has 8 aromatic rings. The van der Waals surface area contributed by atoms with E-state index in [4.69, 9.17) is 0 Å². The van der Waals surface area contributed by atoms with Gasteiger partial charge in [0.1, 0.15) is 0 Å². The van der Waals surface area contributed by atoms with Crippen LogP contribution in [-0.2, 0) is 0 Å². The number of hydrogen-bond donors (Lipinski definition) is 0. The summed E-state index contributed by atoms with van der Waals surface area (Å²) >= 11 is 0. The molecule has 2 aliphatic rings. The molecule has 1 aliphatic carbocycles. The summed E-state index contributed by atoms with van der Waals surface area (Å²) in [5, 5.41) is 7.92. The smallest absolute Gasteiger partial charge is 0.0837 e. The average molecular weight is 595 g/mol. The highest BCUT2D eigenvalue weighted by atomic mass is 14.2. The Hall–Kier alpha value is -5.66. The van der Waals surface area contributed by atoms with Crippen LogP contribution in [0.25, 0.3) is 71.3 Å². The Morgan fingerprint density at radius 3 is 1.89 bits per heavy atom. The first-order valence-electron chi connectivity index (χ1n) is 16.8. The fourth-order valence-electron chi connectivity index (χ4n) is 8.55. The summed E-state index contributed by atoms with van der Waals surface area (Å²) in [6, 6.07) is 56.6. The van der Waals surface area contributed by atoms with Crippen LogP contribution in [0.2, 0.25) is 0 Å². The number of hydrogen-bond acceptors (Lipinski definition) is 0. The van der Waals surface area contributed by atoms with E-state index in [0.717, 1.165) is 12.8 Å². The van der Waals surface area contributed by atoms with Crippen LogP contribution in [0.5, 0.6) is 0 Å². The topological polar surface area (TPSA) is 0 Å². The fraction of sp³-hybridized carbons (Fsp3) is 0.0435. The van der Waals surface area contributed by atoms with Crippen molar-refractivity contribution in [2.45, 2.75) is 12.8 Å². The molecule has 0 aromatic heterocycles. The largest absolute Gasteiger partial charge is 0.238 e. The molecule has 0 amide bonds. The van der Waals surface area contributed by atoms with Crippen molar-refractivity contribution >= 4 is 55.5 Å². The van der Waals surface area contributed by atoms with E-state index >= 15 is 0 Å². The zero-order chi connectivity index (χ0) is 30.9. The van der Waals surface area contributed by atoms with Gasteiger partial charge in [0, 0.05) is 0 Å². The lowest BCUT2D eigenvalue weighted by Crippen LogP contribution is -2.42. The third-order valence-electron chi connectivity index (χ3n) is 10.6. The highest BCUT2D eigenvalue weighted by Crippen LogP contribution is 2.46. The minimum Gasteiger partial charge on any atom is -0.0837 e. The van der Waals surface area contributed by atoms with Crippen molar-refractivity contribution in [3.8, 4) is 33.4 Å². The van der Waals surface area contributed by atoms with Crippen LogP contribution in [0.3, 0.4) is 0 Å². The lowest BCUT2D eigenvalue weighted by Gasteiger charge is -2.20. The van der Waals surface area contributed by atoms with Crippen LogP contribution < -0.4 is 10.9 Å². The summed E-state index contributed by atoms with van der Waals surface area (Å²) in [5.41, 5.74) is 14.9. The third-order valence-corrected chi connectivity index (χ3v) is 10.6. The zero-order valence-corrected chi connectivity index (χ0v) is 26.1. The van der Waals surface area contributed by atoms with Crippen molar-refractivity contribution in [3.05, 3.63) is 175 Å². The molecule has 0 saturated heterocycles. The van der Waals surface area contributed by atoms with E-state index < -0.39 is 0 Å². The Bertz CT molecular complexity index is 2550. The minimum absolute atomic E-state index is 0.299. The molecule has 10 rings (SSSR count). The molecule has 0 saturated carbocycles. The first-order valence-corrected chi connectivity index (χ1v) is 16.8. The molecule has 0 atom stereocenters. The SMILES string of the molecule is C1=CC2=C(CC1)B(c1cccc(-c3cc(-c4ccccc4)c4ccc5ccc(-c6ccccc6)c6ccc3c4c56)c1)c1ccccc12. The molecule has 1 aliphatic heterocycles. The summed E-state index contributed by atoms with van der Waals surface area (Å²) < 4.78 is 0. The van der Waals surface area contributed by atoms with Crippen LogP contribution >= 0.6 is 0 Å². The summed E-state index contributed by atoms with van der Waals surface area (Å²) in [6.07, 6.45) is 6.94. The van der Waals surface area contributed by atoms with Gasteiger partial charge in [-0.1, -0.05) is 174 Å². The van der Waals surface area contributed by atoms with Crippen molar-refractivity contribution in [2.24, 2.45) is 0 Å². The van der Waals surface area contributed by atoms with Gasteiger partial charge in [0.15, 0.2) is 0 Å². The maximum atomic E-state index is 2.48. The second kappa shape index (κ2) is 10.4. The summed E-state index contributed by atoms with van der Waals surface area (Å²) in [6.45, 7) is 0.299. The Balaban J connectivity index is 1.25. The van der Waals surface area contributed by atoms with E-state index in [9.17, 15) is 0 Å². The van der Waals surface area contributed by atoms with E-state index in [1.54, 1.807) is 5.47 Å². The van der Waals surface area contributed by atoms with Gasteiger partial charge in [0.2, 0.25) is 6.71 Å². The average Bonchev–Trinajstić information content (AvgIpc) is 3.49. The molecule has 1 heterocycles. The van der Waals surface area contributed by atoms with Gasteiger partial charge < -0.3 is 0 Å². The normalized spacial score (nSPS) is 14.0. The van der Waals surface area contributed by atoms with E-state index in [0.29, 0.717) is 6.71 Å². The number of fused-ring (bicyclic) bond motifs is 2. The molecule has 0 fully saturated rings. The summed E-state index contributed by atoms with van der Waals surface area (Å²) in [7, 11) is 0. The predicted molar refractivity (Wildman–Crippen MR) is 203 cm³/mol. The zero-order valence-electron chi connectivity index (χ0n) is 26.1. The van der Waals surface area contributed by atoms with Gasteiger partial charge in [-0.15, -0.1) is 0 Å². The highest BCUT2D eigenvalue weighted by Gasteiger charge is 2.35. The van der Waals surface area contributed by atoms with Crippen molar-refractivity contribution in [1.29, 1.82) is 0 Å². The lowest BCUT2D eigenvalue weighted by molar-refractivity contribution is 1.02. The Morgan fingerprint density at radius 2 is 1.09 bits per heavy atom. The van der Waals surface area contributed by atoms with Gasteiger partial charge in [-0.25, -0.2) is 0 Å². The molecule has 0 N–H and O–H groups in total. The number of benzene rings is 8. The molecule has 0 unspecified atom stereocenters. The second-order valence-corrected chi connectivity index (χ2v) is 13.1. The molecule has 218 valence electrons. The monoisotopic (exact) mass is 594 g/mol. The first-order chi connectivity index (χ1) is 23.3. The summed E-state index contributed by atoms with van der Waals surface area (Å²) in [4.78, 5) is 0. The molecule has 1 heteroatoms. The van der Waals surface area contributed by atoms with Gasteiger partial charge in [0.25, 0.3) is 0 Å². The van der Waals surface area contributed by atoms with Gasteiger partial charge in [0.05, 0.1) is 0 Å². The van der Waals surface area contributed by atoms with E-state index in [2.05, 4.69) is 164 Å². The first kappa shape index (κ1) is 26.6. The van der Waals surface area contributed by atoms with Crippen molar-refractivity contribution in [1.82, 2.24) is 0 Å². The molecule has 0 nitrogen and oxygen atoms in total. The van der Waals surface area contributed by atoms with Gasteiger partial charge >= 0.3 is 0 Å². The van der Waals surface area contributed by atoms with E-state index in [1.807, 2.05) is 0 Å². The van der Waals surface area contributed by atoms with E-state index in [1.165, 1.54) is 87.8 Å². The van der Waals surface area contributed by atoms with Gasteiger partial charge in [-0.05, 0) is 95.7 Å². The molecule has 0 bridgehead atoms. The third kappa shape index (κ3) is 4.03. The molecular weight excluding hydrogens is 563 g/mol. The molecule has 8 aromatic carbocycles. The minimum atomic E-state index is 0.299.